The summed E-state index contributed by atoms with van der Waals surface area (Å²) in [4.78, 5) is 0. The second-order valence-corrected chi connectivity index (χ2v) is 3.97. The van der Waals surface area contributed by atoms with Gasteiger partial charge in [-0.05, 0) is 35.4 Å². The summed E-state index contributed by atoms with van der Waals surface area (Å²) in [7, 11) is 0. The third-order valence-electron chi connectivity index (χ3n) is 2.58. The van der Waals surface area contributed by atoms with Crippen LogP contribution in [0.5, 0.6) is 11.5 Å². The largest absolute Gasteiger partial charge is 0.506 e. The summed E-state index contributed by atoms with van der Waals surface area (Å²) in [6.45, 7) is 0. The molecule has 0 atom stereocenters. The molecular formula is C14H14N2O2. The van der Waals surface area contributed by atoms with Crippen molar-refractivity contribution in [1.29, 1.82) is 0 Å². The van der Waals surface area contributed by atoms with Gasteiger partial charge >= 0.3 is 0 Å². The second-order valence-electron chi connectivity index (χ2n) is 3.97. The van der Waals surface area contributed by atoms with E-state index in [1.807, 2.05) is 12.2 Å². The Morgan fingerprint density at radius 3 is 1.44 bits per heavy atom. The van der Waals surface area contributed by atoms with Crippen molar-refractivity contribution in [3.05, 3.63) is 47.5 Å². The molecule has 2 rings (SSSR count). The number of hydrogen-bond donors (Lipinski definition) is 4. The van der Waals surface area contributed by atoms with Gasteiger partial charge in [0.05, 0.1) is 11.4 Å². The van der Waals surface area contributed by atoms with Crippen LogP contribution >= 0.6 is 0 Å². The topological polar surface area (TPSA) is 92.5 Å². The molecule has 2 aromatic carbocycles. The summed E-state index contributed by atoms with van der Waals surface area (Å²) in [5.41, 5.74) is 13.3. The highest BCUT2D eigenvalue weighted by Crippen LogP contribution is 2.24. The molecule has 4 heteroatoms. The zero-order chi connectivity index (χ0) is 13.1. The molecule has 0 heterocycles. The maximum Gasteiger partial charge on any atom is 0.139 e. The lowest BCUT2D eigenvalue weighted by Gasteiger charge is -2.01. The number of phenols is 2. The minimum atomic E-state index is 0.0531. The van der Waals surface area contributed by atoms with E-state index in [0.29, 0.717) is 11.4 Å². The van der Waals surface area contributed by atoms with Crippen LogP contribution < -0.4 is 11.5 Å². The van der Waals surface area contributed by atoms with Crippen LogP contribution in [0.3, 0.4) is 0 Å². The minimum Gasteiger partial charge on any atom is -0.506 e. The van der Waals surface area contributed by atoms with Crippen LogP contribution in [-0.2, 0) is 0 Å². The molecule has 0 bridgehead atoms. The van der Waals surface area contributed by atoms with Gasteiger partial charge in [-0.2, -0.15) is 0 Å². The van der Waals surface area contributed by atoms with Crippen molar-refractivity contribution in [3.8, 4) is 11.5 Å². The summed E-state index contributed by atoms with van der Waals surface area (Å²) < 4.78 is 0. The van der Waals surface area contributed by atoms with Gasteiger partial charge in [0.15, 0.2) is 0 Å². The predicted molar refractivity (Wildman–Crippen MR) is 74.0 cm³/mol. The SMILES string of the molecule is Nc1ccc(/C=C/c2ccc(N)c(O)c2)cc1O. The first-order chi connectivity index (χ1) is 8.56. The highest BCUT2D eigenvalue weighted by atomic mass is 16.3. The quantitative estimate of drug-likeness (QED) is 0.369. The second kappa shape index (κ2) is 4.71. The Labute approximate surface area is 105 Å². The van der Waals surface area contributed by atoms with Gasteiger partial charge in [0.2, 0.25) is 0 Å². The molecule has 0 amide bonds. The molecule has 0 aliphatic carbocycles. The Morgan fingerprint density at radius 2 is 1.11 bits per heavy atom. The fourth-order valence-electron chi connectivity index (χ4n) is 1.52. The van der Waals surface area contributed by atoms with E-state index in [4.69, 9.17) is 11.5 Å². The molecule has 92 valence electrons. The van der Waals surface area contributed by atoms with E-state index in [-0.39, 0.29) is 11.5 Å². The lowest BCUT2D eigenvalue weighted by molar-refractivity contribution is 0.477. The maximum atomic E-state index is 9.46. The molecule has 0 spiro atoms. The number of benzene rings is 2. The van der Waals surface area contributed by atoms with E-state index in [1.165, 1.54) is 0 Å². The third-order valence-corrected chi connectivity index (χ3v) is 2.58. The Morgan fingerprint density at radius 1 is 0.722 bits per heavy atom. The van der Waals surface area contributed by atoms with Crippen LogP contribution in [0, 0.1) is 0 Å². The minimum absolute atomic E-state index is 0.0531. The molecule has 6 N–H and O–H groups in total. The number of rotatable bonds is 2. The molecule has 0 aromatic heterocycles. The standard InChI is InChI=1S/C14H14N2O2/c15-11-5-3-9(7-13(11)17)1-2-10-4-6-12(16)14(18)8-10/h1-8,17-18H,15-16H2/b2-1+. The zero-order valence-electron chi connectivity index (χ0n) is 9.67. The van der Waals surface area contributed by atoms with Gasteiger partial charge in [-0.25, -0.2) is 0 Å². The van der Waals surface area contributed by atoms with E-state index in [0.717, 1.165) is 11.1 Å². The van der Waals surface area contributed by atoms with E-state index in [9.17, 15) is 10.2 Å². The molecule has 0 radical (unpaired) electrons. The molecule has 0 fully saturated rings. The van der Waals surface area contributed by atoms with Crippen LogP contribution in [0.2, 0.25) is 0 Å². The number of hydrogen-bond acceptors (Lipinski definition) is 4. The van der Waals surface area contributed by atoms with Gasteiger partial charge in [-0.1, -0.05) is 24.3 Å². The normalized spacial score (nSPS) is 10.9. The van der Waals surface area contributed by atoms with Gasteiger partial charge < -0.3 is 21.7 Å². The maximum absolute atomic E-state index is 9.46. The Balaban J connectivity index is 2.24. The Kier molecular flexibility index (Phi) is 3.10. The van der Waals surface area contributed by atoms with Gasteiger partial charge in [0.25, 0.3) is 0 Å². The highest BCUT2D eigenvalue weighted by molar-refractivity contribution is 5.73. The lowest BCUT2D eigenvalue weighted by atomic mass is 10.1. The van der Waals surface area contributed by atoms with Crippen LogP contribution in [0.4, 0.5) is 11.4 Å². The first-order valence-electron chi connectivity index (χ1n) is 5.41. The van der Waals surface area contributed by atoms with Crippen LogP contribution in [0.25, 0.3) is 12.2 Å². The summed E-state index contributed by atoms with van der Waals surface area (Å²) in [5.74, 6) is 0.106. The van der Waals surface area contributed by atoms with Gasteiger partial charge in [-0.3, -0.25) is 0 Å². The van der Waals surface area contributed by atoms with E-state index in [2.05, 4.69) is 0 Å². The summed E-state index contributed by atoms with van der Waals surface area (Å²) in [6.07, 6.45) is 3.62. The first-order valence-corrected chi connectivity index (χ1v) is 5.41. The van der Waals surface area contributed by atoms with Crippen LogP contribution in [0.15, 0.2) is 36.4 Å². The fourth-order valence-corrected chi connectivity index (χ4v) is 1.52. The van der Waals surface area contributed by atoms with Gasteiger partial charge in [-0.15, -0.1) is 0 Å². The molecule has 2 aromatic rings. The molecule has 0 aliphatic heterocycles. The average Bonchev–Trinajstić information content (AvgIpc) is 2.35. The fraction of sp³-hybridized carbons (Fsp3) is 0. The van der Waals surface area contributed by atoms with Crippen molar-refractivity contribution in [2.24, 2.45) is 0 Å². The number of nitrogen functional groups attached to an aromatic ring is 2. The van der Waals surface area contributed by atoms with Crippen LogP contribution in [0.1, 0.15) is 11.1 Å². The highest BCUT2D eigenvalue weighted by Gasteiger charge is 1.98. The zero-order valence-corrected chi connectivity index (χ0v) is 9.67. The van der Waals surface area contributed by atoms with Crippen molar-refractivity contribution >= 4 is 23.5 Å². The summed E-state index contributed by atoms with van der Waals surface area (Å²) >= 11 is 0. The van der Waals surface area contributed by atoms with E-state index >= 15 is 0 Å². The monoisotopic (exact) mass is 242 g/mol. The smallest absolute Gasteiger partial charge is 0.139 e. The molecule has 0 saturated heterocycles. The molecule has 0 unspecified atom stereocenters. The van der Waals surface area contributed by atoms with E-state index < -0.39 is 0 Å². The summed E-state index contributed by atoms with van der Waals surface area (Å²) in [6, 6.07) is 10.0. The van der Waals surface area contributed by atoms with Gasteiger partial charge in [0, 0.05) is 0 Å². The third kappa shape index (κ3) is 2.55. The van der Waals surface area contributed by atoms with Crippen molar-refractivity contribution < 1.29 is 10.2 Å². The molecular weight excluding hydrogens is 228 g/mol. The Bertz CT molecular complexity index is 553. The lowest BCUT2D eigenvalue weighted by Crippen LogP contribution is -1.86. The molecule has 0 aliphatic rings. The predicted octanol–water partition coefficient (Wildman–Crippen LogP) is 2.43. The van der Waals surface area contributed by atoms with Crippen molar-refractivity contribution in [2.75, 3.05) is 11.5 Å². The molecule has 18 heavy (non-hydrogen) atoms. The van der Waals surface area contributed by atoms with Crippen molar-refractivity contribution in [2.45, 2.75) is 0 Å². The number of aromatic hydroxyl groups is 2. The number of phenolic OH excluding ortho intramolecular Hbond substituents is 2. The summed E-state index contributed by atoms with van der Waals surface area (Å²) in [5, 5.41) is 18.9. The number of anilines is 2. The average molecular weight is 242 g/mol. The van der Waals surface area contributed by atoms with Crippen LogP contribution in [-0.4, -0.2) is 10.2 Å². The van der Waals surface area contributed by atoms with Gasteiger partial charge in [0.1, 0.15) is 11.5 Å². The molecule has 0 saturated carbocycles. The van der Waals surface area contributed by atoms with E-state index in [1.54, 1.807) is 36.4 Å². The molecule has 4 nitrogen and oxygen atoms in total. The van der Waals surface area contributed by atoms with Crippen molar-refractivity contribution in [1.82, 2.24) is 0 Å². The number of nitrogens with two attached hydrogens (primary N) is 2. The first kappa shape index (κ1) is 11.9. The van der Waals surface area contributed by atoms with Crippen molar-refractivity contribution in [3.63, 3.8) is 0 Å². The Hall–Kier alpha value is -2.62.